The molecule has 0 fully saturated rings. The van der Waals surface area contributed by atoms with Crippen LogP contribution in [-0.4, -0.2) is 13.0 Å². The number of alkyl halides is 3. The Hall–Kier alpha value is -2.21. The second-order valence-electron chi connectivity index (χ2n) is 5.68. The smallest absolute Gasteiger partial charge is 0.416 e. The van der Waals surface area contributed by atoms with E-state index in [2.05, 4.69) is 5.32 Å². The van der Waals surface area contributed by atoms with E-state index in [1.165, 1.54) is 13.2 Å². The summed E-state index contributed by atoms with van der Waals surface area (Å²) < 4.78 is 44.0. The monoisotopic (exact) mass is 355 g/mol. The third-order valence-electron chi connectivity index (χ3n) is 4.29. The van der Waals surface area contributed by atoms with Crippen molar-refractivity contribution in [2.24, 2.45) is 0 Å². The minimum absolute atomic E-state index is 0.148. The predicted octanol–water partition coefficient (Wildman–Crippen LogP) is 4.63. The van der Waals surface area contributed by atoms with Crippen molar-refractivity contribution in [3.63, 3.8) is 0 Å². The highest BCUT2D eigenvalue weighted by atomic mass is 35.5. The predicted molar refractivity (Wildman–Crippen MR) is 84.5 cm³/mol. The Balaban J connectivity index is 2.19. The molecule has 1 heterocycles. The Morgan fingerprint density at radius 3 is 2.42 bits per heavy atom. The van der Waals surface area contributed by atoms with Crippen molar-refractivity contribution in [2.75, 3.05) is 12.4 Å². The molecule has 0 aromatic heterocycles. The topological polar surface area (TPSA) is 38.3 Å². The zero-order chi connectivity index (χ0) is 17.7. The van der Waals surface area contributed by atoms with Gasteiger partial charge in [-0.15, -0.1) is 0 Å². The number of anilines is 1. The number of rotatable bonds is 2. The fraction of sp³-hybridized carbons (Fsp3) is 0.235. The van der Waals surface area contributed by atoms with Crippen molar-refractivity contribution >= 4 is 23.2 Å². The van der Waals surface area contributed by atoms with Crippen molar-refractivity contribution in [2.45, 2.75) is 18.5 Å². The average Bonchev–Trinajstić information content (AvgIpc) is 2.77. The van der Waals surface area contributed by atoms with Gasteiger partial charge in [0, 0.05) is 16.3 Å². The molecule has 1 aliphatic heterocycles. The van der Waals surface area contributed by atoms with Gasteiger partial charge < -0.3 is 10.1 Å². The van der Waals surface area contributed by atoms with E-state index in [1.807, 2.05) is 0 Å². The minimum Gasteiger partial charge on any atom is -0.496 e. The van der Waals surface area contributed by atoms with E-state index in [0.717, 1.165) is 12.1 Å². The average molecular weight is 356 g/mol. The number of carbonyl (C=O) groups excluding carboxylic acids is 1. The number of benzene rings is 2. The first-order valence-electron chi connectivity index (χ1n) is 7.05. The molecule has 2 aromatic carbocycles. The third kappa shape index (κ3) is 2.41. The molecule has 1 atom stereocenters. The first-order valence-corrected chi connectivity index (χ1v) is 7.43. The van der Waals surface area contributed by atoms with Gasteiger partial charge in [-0.2, -0.15) is 13.2 Å². The van der Waals surface area contributed by atoms with E-state index in [1.54, 1.807) is 25.1 Å². The first kappa shape index (κ1) is 16.6. The maximum atomic E-state index is 12.9. The van der Waals surface area contributed by atoms with E-state index in [4.69, 9.17) is 16.3 Å². The summed E-state index contributed by atoms with van der Waals surface area (Å²) >= 11 is 5.95. The zero-order valence-electron chi connectivity index (χ0n) is 12.8. The molecule has 3 nitrogen and oxygen atoms in total. The standard InChI is InChI=1S/C17H13ClF3NO2/c1-16(12-6-4-10(18)8-14(12)24-2)11-5-3-9(17(19,20)21)7-13(11)22-15(16)23/h3-8H,1-2H3,(H,22,23)/t16-/m0/s1. The van der Waals surface area contributed by atoms with Crippen molar-refractivity contribution in [3.05, 3.63) is 58.1 Å². The molecule has 2 aromatic rings. The van der Waals surface area contributed by atoms with Crippen molar-refractivity contribution in [1.29, 1.82) is 0 Å². The van der Waals surface area contributed by atoms with Crippen LogP contribution in [0.25, 0.3) is 0 Å². The lowest BCUT2D eigenvalue weighted by atomic mass is 9.76. The van der Waals surface area contributed by atoms with E-state index >= 15 is 0 Å². The SMILES string of the molecule is COc1cc(Cl)ccc1[C@@]1(C)C(=O)Nc2cc(C(F)(F)F)ccc21. The number of hydrogen-bond donors (Lipinski definition) is 1. The van der Waals surface area contributed by atoms with Crippen LogP contribution in [-0.2, 0) is 16.4 Å². The Morgan fingerprint density at radius 1 is 1.12 bits per heavy atom. The highest BCUT2D eigenvalue weighted by molar-refractivity contribution is 6.30. The number of amides is 1. The molecule has 126 valence electrons. The molecule has 3 rings (SSSR count). The summed E-state index contributed by atoms with van der Waals surface area (Å²) in [4.78, 5) is 12.6. The normalized spacial score (nSPS) is 19.8. The lowest BCUT2D eigenvalue weighted by molar-refractivity contribution is -0.137. The lowest BCUT2D eigenvalue weighted by Gasteiger charge is -2.25. The van der Waals surface area contributed by atoms with Crippen LogP contribution in [0.15, 0.2) is 36.4 Å². The van der Waals surface area contributed by atoms with Crippen LogP contribution >= 0.6 is 11.6 Å². The van der Waals surface area contributed by atoms with E-state index in [-0.39, 0.29) is 5.69 Å². The van der Waals surface area contributed by atoms with Crippen LogP contribution in [0, 0.1) is 0 Å². The second-order valence-corrected chi connectivity index (χ2v) is 6.12. The molecule has 7 heteroatoms. The number of nitrogens with one attached hydrogen (secondary N) is 1. The molecular weight excluding hydrogens is 343 g/mol. The molecule has 0 saturated carbocycles. The van der Waals surface area contributed by atoms with Gasteiger partial charge in [-0.3, -0.25) is 4.79 Å². The molecule has 0 aliphatic carbocycles. The summed E-state index contributed by atoms with van der Waals surface area (Å²) in [5.41, 5.74) is -0.843. The van der Waals surface area contributed by atoms with Gasteiger partial charge >= 0.3 is 6.18 Å². The molecule has 1 aliphatic rings. The summed E-state index contributed by atoms with van der Waals surface area (Å²) in [6, 6.07) is 8.07. The van der Waals surface area contributed by atoms with Crippen molar-refractivity contribution < 1.29 is 22.7 Å². The first-order chi connectivity index (χ1) is 11.2. The molecular formula is C17H13ClF3NO2. The number of carbonyl (C=O) groups is 1. The summed E-state index contributed by atoms with van der Waals surface area (Å²) in [5, 5.41) is 2.97. The van der Waals surface area contributed by atoms with Crippen LogP contribution in [0.2, 0.25) is 5.02 Å². The molecule has 0 bridgehead atoms. The number of methoxy groups -OCH3 is 1. The third-order valence-corrected chi connectivity index (χ3v) is 4.53. The lowest BCUT2D eigenvalue weighted by Crippen LogP contribution is -2.32. The summed E-state index contributed by atoms with van der Waals surface area (Å²) in [6.45, 7) is 1.65. The molecule has 1 amide bonds. The quantitative estimate of drug-likeness (QED) is 0.853. The maximum Gasteiger partial charge on any atom is 0.416 e. The van der Waals surface area contributed by atoms with Gasteiger partial charge in [0.25, 0.3) is 0 Å². The Labute approximate surface area is 141 Å². The Morgan fingerprint density at radius 2 is 1.79 bits per heavy atom. The summed E-state index contributed by atoms with van der Waals surface area (Å²) in [5.74, 6) is -0.0228. The highest BCUT2D eigenvalue weighted by Gasteiger charge is 2.46. The largest absolute Gasteiger partial charge is 0.496 e. The molecule has 24 heavy (non-hydrogen) atoms. The van der Waals surface area contributed by atoms with Crippen molar-refractivity contribution in [3.8, 4) is 5.75 Å². The van der Waals surface area contributed by atoms with Crippen LogP contribution < -0.4 is 10.1 Å². The van der Waals surface area contributed by atoms with Crippen LogP contribution in [0.1, 0.15) is 23.6 Å². The van der Waals surface area contributed by atoms with Gasteiger partial charge in [0.15, 0.2) is 0 Å². The molecule has 0 radical (unpaired) electrons. The van der Waals surface area contributed by atoms with Crippen LogP contribution in [0.3, 0.4) is 0 Å². The van der Waals surface area contributed by atoms with Gasteiger partial charge in [0.05, 0.1) is 12.7 Å². The minimum atomic E-state index is -4.48. The van der Waals surface area contributed by atoms with Crippen molar-refractivity contribution in [1.82, 2.24) is 0 Å². The zero-order valence-corrected chi connectivity index (χ0v) is 13.5. The Bertz CT molecular complexity index is 835. The Kier molecular flexibility index (Phi) is 3.75. The number of ether oxygens (including phenoxy) is 1. The second kappa shape index (κ2) is 5.41. The van der Waals surface area contributed by atoms with Gasteiger partial charge in [0.2, 0.25) is 5.91 Å². The summed E-state index contributed by atoms with van der Waals surface area (Å²) in [6.07, 6.45) is -4.48. The maximum absolute atomic E-state index is 12.9. The highest BCUT2D eigenvalue weighted by Crippen LogP contribution is 2.47. The van der Waals surface area contributed by atoms with E-state index in [9.17, 15) is 18.0 Å². The van der Waals surface area contributed by atoms with Gasteiger partial charge in [-0.1, -0.05) is 23.7 Å². The number of halogens is 4. The van der Waals surface area contributed by atoms with E-state index in [0.29, 0.717) is 21.9 Å². The van der Waals surface area contributed by atoms with Gasteiger partial charge in [-0.05, 0) is 36.8 Å². The molecule has 0 unspecified atom stereocenters. The number of hydrogen-bond acceptors (Lipinski definition) is 2. The van der Waals surface area contributed by atoms with Crippen LogP contribution in [0.4, 0.5) is 18.9 Å². The molecule has 1 N–H and O–H groups in total. The van der Waals surface area contributed by atoms with Gasteiger partial charge in [0.1, 0.15) is 11.2 Å². The van der Waals surface area contributed by atoms with Crippen LogP contribution in [0.5, 0.6) is 5.75 Å². The number of fused-ring (bicyclic) bond motifs is 1. The summed E-state index contributed by atoms with van der Waals surface area (Å²) in [7, 11) is 1.44. The molecule has 0 saturated heterocycles. The van der Waals surface area contributed by atoms with E-state index < -0.39 is 23.1 Å². The fourth-order valence-electron chi connectivity index (χ4n) is 2.98. The van der Waals surface area contributed by atoms with Gasteiger partial charge in [-0.25, -0.2) is 0 Å². The fourth-order valence-corrected chi connectivity index (χ4v) is 3.14. The molecule has 0 spiro atoms.